The van der Waals surface area contributed by atoms with Gasteiger partial charge in [-0.05, 0) is 30.0 Å². The van der Waals surface area contributed by atoms with Gasteiger partial charge in [-0.2, -0.15) is 0 Å². The molecule has 0 saturated carbocycles. The molecule has 2 rings (SSSR count). The number of benzene rings is 2. The van der Waals surface area contributed by atoms with Crippen LogP contribution in [0, 0.1) is 5.82 Å². The lowest BCUT2D eigenvalue weighted by Gasteiger charge is -2.13. The summed E-state index contributed by atoms with van der Waals surface area (Å²) < 4.78 is 13.9. The predicted octanol–water partition coefficient (Wildman–Crippen LogP) is 4.90. The van der Waals surface area contributed by atoms with E-state index in [1.807, 2.05) is 24.3 Å². The van der Waals surface area contributed by atoms with E-state index >= 15 is 0 Å². The van der Waals surface area contributed by atoms with Gasteiger partial charge in [0.2, 0.25) is 0 Å². The Balaban J connectivity index is 2.20. The van der Waals surface area contributed by atoms with Gasteiger partial charge in [0.25, 0.3) is 0 Å². The van der Waals surface area contributed by atoms with Crippen LogP contribution in [-0.2, 0) is 6.42 Å². The zero-order valence-corrected chi connectivity index (χ0v) is 12.2. The number of unbranched alkanes of at least 4 members (excludes halogenated alkanes) is 1. The number of aliphatic hydroxyl groups is 1. The first-order valence-corrected chi connectivity index (χ1v) is 7.22. The predicted molar refractivity (Wildman–Crippen MR) is 80.5 cm³/mol. The molecule has 1 N–H and O–H groups in total. The second-order valence-corrected chi connectivity index (χ2v) is 5.30. The molecule has 1 nitrogen and oxygen atoms in total. The smallest absolute Gasteiger partial charge is 0.147 e. The first-order valence-electron chi connectivity index (χ1n) is 6.84. The molecule has 106 valence electrons. The van der Waals surface area contributed by atoms with E-state index in [1.165, 1.54) is 11.6 Å². The summed E-state index contributed by atoms with van der Waals surface area (Å²) >= 11 is 5.74. The highest BCUT2D eigenvalue weighted by molar-refractivity contribution is 6.30. The van der Waals surface area contributed by atoms with E-state index in [9.17, 15) is 9.50 Å². The zero-order chi connectivity index (χ0) is 14.5. The molecule has 0 saturated heterocycles. The molecule has 0 bridgehead atoms. The van der Waals surface area contributed by atoms with Crippen molar-refractivity contribution < 1.29 is 9.50 Å². The molecule has 20 heavy (non-hydrogen) atoms. The third-order valence-electron chi connectivity index (χ3n) is 3.39. The summed E-state index contributed by atoms with van der Waals surface area (Å²) in [5, 5.41) is 10.3. The van der Waals surface area contributed by atoms with Gasteiger partial charge in [-0.15, -0.1) is 0 Å². The second kappa shape index (κ2) is 6.87. The van der Waals surface area contributed by atoms with E-state index in [0.29, 0.717) is 5.56 Å². The van der Waals surface area contributed by atoms with Gasteiger partial charge in [-0.25, -0.2) is 4.39 Å². The fourth-order valence-electron chi connectivity index (χ4n) is 2.16. The van der Waals surface area contributed by atoms with E-state index in [0.717, 1.165) is 19.3 Å². The van der Waals surface area contributed by atoms with Crippen LogP contribution < -0.4 is 0 Å². The Bertz CT molecular complexity index is 566. The summed E-state index contributed by atoms with van der Waals surface area (Å²) in [4.78, 5) is 0. The number of hydrogen-bond donors (Lipinski definition) is 1. The summed E-state index contributed by atoms with van der Waals surface area (Å²) in [6.07, 6.45) is 2.33. The molecule has 0 aromatic heterocycles. The first kappa shape index (κ1) is 15.0. The van der Waals surface area contributed by atoms with Gasteiger partial charge in [-0.3, -0.25) is 0 Å². The molecule has 2 aromatic rings. The van der Waals surface area contributed by atoms with Crippen LogP contribution in [0.15, 0.2) is 42.5 Å². The van der Waals surface area contributed by atoms with Crippen molar-refractivity contribution in [2.24, 2.45) is 0 Å². The van der Waals surface area contributed by atoms with E-state index in [4.69, 9.17) is 11.6 Å². The molecule has 0 heterocycles. The third-order valence-corrected chi connectivity index (χ3v) is 3.68. The molecule has 1 unspecified atom stereocenters. The van der Waals surface area contributed by atoms with E-state index in [1.54, 1.807) is 12.1 Å². The lowest BCUT2D eigenvalue weighted by Crippen LogP contribution is -2.03. The third kappa shape index (κ3) is 3.38. The van der Waals surface area contributed by atoms with Gasteiger partial charge in [0.05, 0.1) is 5.02 Å². The quantitative estimate of drug-likeness (QED) is 0.831. The number of hydrogen-bond acceptors (Lipinski definition) is 1. The molecule has 1 atom stereocenters. The van der Waals surface area contributed by atoms with Gasteiger partial charge < -0.3 is 5.11 Å². The summed E-state index contributed by atoms with van der Waals surface area (Å²) in [7, 11) is 0. The molecule has 0 spiro atoms. The highest BCUT2D eigenvalue weighted by atomic mass is 35.5. The minimum atomic E-state index is -0.992. The minimum Gasteiger partial charge on any atom is -0.384 e. The molecule has 2 aromatic carbocycles. The van der Waals surface area contributed by atoms with Crippen LogP contribution in [-0.4, -0.2) is 5.11 Å². The average molecular weight is 293 g/mol. The van der Waals surface area contributed by atoms with Crippen LogP contribution >= 0.6 is 11.6 Å². The standard InChI is InChI=1S/C17H18ClFO/c1-2-3-5-12-8-10-13(11-9-12)17(20)14-6-4-7-15(18)16(14)19/h4,6-11,17,20H,2-3,5H2,1H3. The maximum atomic E-state index is 13.9. The highest BCUT2D eigenvalue weighted by Crippen LogP contribution is 2.28. The SMILES string of the molecule is CCCCc1ccc(C(O)c2cccc(Cl)c2F)cc1. The van der Waals surface area contributed by atoms with Crippen molar-refractivity contribution in [3.63, 3.8) is 0 Å². The van der Waals surface area contributed by atoms with Crippen molar-refractivity contribution in [3.05, 3.63) is 70.0 Å². The van der Waals surface area contributed by atoms with Crippen LogP contribution in [0.5, 0.6) is 0 Å². The Labute approximate surface area is 124 Å². The number of aryl methyl sites for hydroxylation is 1. The zero-order valence-electron chi connectivity index (χ0n) is 11.4. The highest BCUT2D eigenvalue weighted by Gasteiger charge is 2.16. The number of halogens is 2. The summed E-state index contributed by atoms with van der Waals surface area (Å²) in [5.41, 5.74) is 2.11. The fraction of sp³-hybridized carbons (Fsp3) is 0.294. The molecule has 0 fully saturated rings. The molecule has 0 aliphatic heterocycles. The van der Waals surface area contributed by atoms with Crippen molar-refractivity contribution in [1.82, 2.24) is 0 Å². The molecule has 0 radical (unpaired) electrons. The first-order chi connectivity index (χ1) is 9.63. The topological polar surface area (TPSA) is 20.2 Å². The number of aliphatic hydroxyl groups excluding tert-OH is 1. The fourth-order valence-corrected chi connectivity index (χ4v) is 2.34. The van der Waals surface area contributed by atoms with Gasteiger partial charge in [-0.1, -0.05) is 61.3 Å². The van der Waals surface area contributed by atoms with Crippen LogP contribution in [0.3, 0.4) is 0 Å². The van der Waals surface area contributed by atoms with Crippen molar-refractivity contribution in [1.29, 1.82) is 0 Å². The van der Waals surface area contributed by atoms with E-state index in [-0.39, 0.29) is 10.6 Å². The molecule has 0 aliphatic carbocycles. The summed E-state index contributed by atoms with van der Waals surface area (Å²) in [6.45, 7) is 2.15. The van der Waals surface area contributed by atoms with Crippen LogP contribution in [0.4, 0.5) is 4.39 Å². The van der Waals surface area contributed by atoms with Crippen molar-refractivity contribution in [3.8, 4) is 0 Å². The maximum Gasteiger partial charge on any atom is 0.147 e. The Morgan fingerprint density at radius 1 is 1.15 bits per heavy atom. The normalized spacial score (nSPS) is 12.4. The summed E-state index contributed by atoms with van der Waals surface area (Å²) in [6, 6.07) is 12.3. The Hall–Kier alpha value is -1.38. The largest absolute Gasteiger partial charge is 0.384 e. The summed E-state index contributed by atoms with van der Waals surface area (Å²) in [5.74, 6) is -0.559. The number of rotatable bonds is 5. The molecule has 3 heteroatoms. The van der Waals surface area contributed by atoms with Gasteiger partial charge in [0.1, 0.15) is 11.9 Å². The van der Waals surface area contributed by atoms with Crippen LogP contribution in [0.2, 0.25) is 5.02 Å². The van der Waals surface area contributed by atoms with E-state index in [2.05, 4.69) is 6.92 Å². The minimum absolute atomic E-state index is 0.0288. The molecular formula is C17H18ClFO. The lowest BCUT2D eigenvalue weighted by atomic mass is 9.99. The van der Waals surface area contributed by atoms with Crippen molar-refractivity contribution in [2.75, 3.05) is 0 Å². The Morgan fingerprint density at radius 3 is 2.50 bits per heavy atom. The van der Waals surface area contributed by atoms with Crippen LogP contribution in [0.1, 0.15) is 42.6 Å². The monoisotopic (exact) mass is 292 g/mol. The van der Waals surface area contributed by atoms with E-state index < -0.39 is 11.9 Å². The van der Waals surface area contributed by atoms with Gasteiger partial charge >= 0.3 is 0 Å². The van der Waals surface area contributed by atoms with Crippen molar-refractivity contribution >= 4 is 11.6 Å². The van der Waals surface area contributed by atoms with Crippen molar-refractivity contribution in [2.45, 2.75) is 32.3 Å². The molecule has 0 amide bonds. The average Bonchev–Trinajstić information content (AvgIpc) is 2.48. The van der Waals surface area contributed by atoms with Gasteiger partial charge in [0, 0.05) is 5.56 Å². The second-order valence-electron chi connectivity index (χ2n) is 4.89. The lowest BCUT2D eigenvalue weighted by molar-refractivity contribution is 0.215. The van der Waals surface area contributed by atoms with Gasteiger partial charge in [0.15, 0.2) is 0 Å². The Morgan fingerprint density at radius 2 is 1.85 bits per heavy atom. The van der Waals surface area contributed by atoms with Crippen LogP contribution in [0.25, 0.3) is 0 Å². The Kier molecular flexibility index (Phi) is 5.16. The molecular weight excluding hydrogens is 275 g/mol. The maximum absolute atomic E-state index is 13.9. The molecule has 0 aliphatic rings.